The minimum atomic E-state index is -0.843. The maximum atomic E-state index is 11.0. The number of carbonyl (C=O) groups is 1. The molecule has 0 aliphatic carbocycles. The molecule has 5 heteroatoms. The number of methoxy groups -OCH3 is 1. The van der Waals surface area contributed by atoms with E-state index < -0.39 is 12.0 Å². The molecule has 18 heavy (non-hydrogen) atoms. The van der Waals surface area contributed by atoms with Crippen LogP contribution in [0.5, 0.6) is 5.75 Å². The van der Waals surface area contributed by atoms with E-state index in [0.717, 1.165) is 5.56 Å². The highest BCUT2D eigenvalue weighted by Gasteiger charge is 2.20. The summed E-state index contributed by atoms with van der Waals surface area (Å²) in [5, 5.41) is 12.6. The van der Waals surface area contributed by atoms with Crippen molar-refractivity contribution in [2.75, 3.05) is 7.11 Å². The molecular weight excluding hydrogens is 254 g/mol. The molecule has 2 N–H and O–H groups in total. The van der Waals surface area contributed by atoms with Gasteiger partial charge in [-0.05, 0) is 23.6 Å². The summed E-state index contributed by atoms with van der Waals surface area (Å²) in [6.07, 6.45) is 0. The molecule has 0 fully saturated rings. The molecular formula is C13H18ClNO3. The van der Waals surface area contributed by atoms with Crippen LogP contribution in [0.2, 0.25) is 5.02 Å². The summed E-state index contributed by atoms with van der Waals surface area (Å²) < 4.78 is 5.06. The van der Waals surface area contributed by atoms with Gasteiger partial charge in [-0.1, -0.05) is 31.5 Å². The van der Waals surface area contributed by atoms with Crippen LogP contribution in [0.3, 0.4) is 0 Å². The Labute approximate surface area is 112 Å². The van der Waals surface area contributed by atoms with Crippen LogP contribution < -0.4 is 10.1 Å². The summed E-state index contributed by atoms with van der Waals surface area (Å²) in [7, 11) is 1.55. The summed E-state index contributed by atoms with van der Waals surface area (Å²) >= 11 is 6.00. The third kappa shape index (κ3) is 3.89. The molecule has 0 saturated heterocycles. The molecule has 0 saturated carbocycles. The van der Waals surface area contributed by atoms with Gasteiger partial charge in [0, 0.05) is 6.54 Å². The van der Waals surface area contributed by atoms with E-state index in [4.69, 9.17) is 21.4 Å². The lowest BCUT2D eigenvalue weighted by molar-refractivity contribution is -0.140. The molecule has 0 spiro atoms. The van der Waals surface area contributed by atoms with Crippen molar-refractivity contribution in [3.63, 3.8) is 0 Å². The number of benzene rings is 1. The Bertz CT molecular complexity index is 421. The number of aliphatic carboxylic acids is 1. The Kier molecular flexibility index (Phi) is 5.44. The molecule has 4 nitrogen and oxygen atoms in total. The minimum absolute atomic E-state index is 0.0243. The van der Waals surface area contributed by atoms with Gasteiger partial charge in [0.2, 0.25) is 0 Å². The van der Waals surface area contributed by atoms with E-state index in [9.17, 15) is 4.79 Å². The van der Waals surface area contributed by atoms with E-state index in [-0.39, 0.29) is 5.92 Å². The van der Waals surface area contributed by atoms with Crippen LogP contribution in [0, 0.1) is 5.92 Å². The third-order valence-corrected chi connectivity index (χ3v) is 2.97. The molecule has 0 bridgehead atoms. The fraction of sp³-hybridized carbons (Fsp3) is 0.462. The number of hydrogen-bond acceptors (Lipinski definition) is 3. The number of carboxylic acids is 1. The largest absolute Gasteiger partial charge is 0.495 e. The second-order valence-electron chi connectivity index (χ2n) is 4.41. The van der Waals surface area contributed by atoms with E-state index in [2.05, 4.69) is 5.32 Å². The second-order valence-corrected chi connectivity index (χ2v) is 4.82. The molecule has 0 radical (unpaired) electrons. The topological polar surface area (TPSA) is 58.6 Å². The number of hydrogen-bond donors (Lipinski definition) is 2. The summed E-state index contributed by atoms with van der Waals surface area (Å²) in [6.45, 7) is 4.19. The van der Waals surface area contributed by atoms with E-state index in [1.165, 1.54) is 0 Å². The highest BCUT2D eigenvalue weighted by atomic mass is 35.5. The molecule has 1 atom stereocenters. The molecule has 0 amide bonds. The zero-order valence-electron chi connectivity index (χ0n) is 10.7. The quantitative estimate of drug-likeness (QED) is 0.835. The molecule has 0 unspecified atom stereocenters. The molecule has 1 aromatic rings. The van der Waals surface area contributed by atoms with Gasteiger partial charge in [-0.25, -0.2) is 0 Å². The summed E-state index contributed by atoms with van der Waals surface area (Å²) in [4.78, 5) is 11.0. The van der Waals surface area contributed by atoms with Crippen LogP contribution in [0.1, 0.15) is 19.4 Å². The van der Waals surface area contributed by atoms with Gasteiger partial charge in [0.1, 0.15) is 11.8 Å². The fourth-order valence-corrected chi connectivity index (χ4v) is 1.94. The van der Waals surface area contributed by atoms with E-state index in [0.29, 0.717) is 17.3 Å². The molecule has 0 aromatic heterocycles. The van der Waals surface area contributed by atoms with Gasteiger partial charge in [0.25, 0.3) is 0 Å². The van der Waals surface area contributed by atoms with Gasteiger partial charge < -0.3 is 15.2 Å². The van der Waals surface area contributed by atoms with E-state index >= 15 is 0 Å². The van der Waals surface area contributed by atoms with Crippen LogP contribution >= 0.6 is 11.6 Å². The predicted molar refractivity (Wildman–Crippen MR) is 71.1 cm³/mol. The average molecular weight is 272 g/mol. The first-order valence-corrected chi connectivity index (χ1v) is 6.12. The van der Waals surface area contributed by atoms with Crippen LogP contribution in [0.4, 0.5) is 0 Å². The molecule has 0 aliphatic rings. The molecule has 1 aromatic carbocycles. The predicted octanol–water partition coefficient (Wildman–Crippen LogP) is 2.55. The van der Waals surface area contributed by atoms with Gasteiger partial charge >= 0.3 is 5.97 Å². The number of rotatable bonds is 6. The number of ether oxygens (including phenoxy) is 1. The van der Waals surface area contributed by atoms with Crippen molar-refractivity contribution in [2.45, 2.75) is 26.4 Å². The second kappa shape index (κ2) is 6.61. The summed E-state index contributed by atoms with van der Waals surface area (Å²) in [5.41, 5.74) is 0.924. The Morgan fingerprint density at radius 2 is 2.17 bits per heavy atom. The first-order chi connectivity index (χ1) is 8.45. The van der Waals surface area contributed by atoms with Gasteiger partial charge in [-0.3, -0.25) is 4.79 Å². The van der Waals surface area contributed by atoms with Crippen molar-refractivity contribution in [2.24, 2.45) is 5.92 Å². The lowest BCUT2D eigenvalue weighted by Gasteiger charge is -2.18. The lowest BCUT2D eigenvalue weighted by Crippen LogP contribution is -2.40. The molecule has 0 heterocycles. The van der Waals surface area contributed by atoms with Gasteiger partial charge in [-0.2, -0.15) is 0 Å². The van der Waals surface area contributed by atoms with Gasteiger partial charge in [0.15, 0.2) is 0 Å². The monoisotopic (exact) mass is 271 g/mol. The number of carboxylic acid groups (broad SMARTS) is 1. The van der Waals surface area contributed by atoms with Crippen molar-refractivity contribution in [1.29, 1.82) is 0 Å². The van der Waals surface area contributed by atoms with Crippen LogP contribution in [-0.4, -0.2) is 24.2 Å². The van der Waals surface area contributed by atoms with Crippen molar-refractivity contribution in [1.82, 2.24) is 5.32 Å². The standard InChI is InChI=1S/C13H18ClNO3/c1-8(2)12(13(16)17)15-7-9-4-5-11(18-3)10(14)6-9/h4-6,8,12,15H,7H2,1-3H3,(H,16,17)/t12-/m0/s1. The van der Waals surface area contributed by atoms with Gasteiger partial charge in [0.05, 0.1) is 12.1 Å². The van der Waals surface area contributed by atoms with E-state index in [1.807, 2.05) is 19.9 Å². The lowest BCUT2D eigenvalue weighted by atomic mass is 10.0. The van der Waals surface area contributed by atoms with Crippen LogP contribution in [0.15, 0.2) is 18.2 Å². The Morgan fingerprint density at radius 3 is 2.61 bits per heavy atom. The fourth-order valence-electron chi connectivity index (χ4n) is 1.66. The molecule has 0 aliphatic heterocycles. The normalized spacial score (nSPS) is 12.5. The highest BCUT2D eigenvalue weighted by Crippen LogP contribution is 2.24. The maximum Gasteiger partial charge on any atom is 0.320 e. The van der Waals surface area contributed by atoms with Gasteiger partial charge in [-0.15, -0.1) is 0 Å². The Hall–Kier alpha value is -1.26. The van der Waals surface area contributed by atoms with Crippen LogP contribution in [-0.2, 0) is 11.3 Å². The number of halogens is 1. The van der Waals surface area contributed by atoms with E-state index in [1.54, 1.807) is 19.2 Å². The zero-order chi connectivity index (χ0) is 13.7. The Morgan fingerprint density at radius 1 is 1.50 bits per heavy atom. The number of nitrogens with one attached hydrogen (secondary N) is 1. The third-order valence-electron chi connectivity index (χ3n) is 2.68. The van der Waals surface area contributed by atoms with Crippen molar-refractivity contribution < 1.29 is 14.6 Å². The highest BCUT2D eigenvalue weighted by molar-refractivity contribution is 6.32. The first-order valence-electron chi connectivity index (χ1n) is 5.74. The first kappa shape index (κ1) is 14.8. The maximum absolute atomic E-state index is 11.0. The summed E-state index contributed by atoms with van der Waals surface area (Å²) in [6, 6.07) is 4.83. The molecule has 100 valence electrons. The minimum Gasteiger partial charge on any atom is -0.495 e. The van der Waals surface area contributed by atoms with Crippen molar-refractivity contribution >= 4 is 17.6 Å². The average Bonchev–Trinajstić information content (AvgIpc) is 2.28. The smallest absolute Gasteiger partial charge is 0.320 e. The van der Waals surface area contributed by atoms with Crippen molar-refractivity contribution in [3.05, 3.63) is 28.8 Å². The SMILES string of the molecule is COc1ccc(CN[C@H](C(=O)O)C(C)C)cc1Cl. The zero-order valence-corrected chi connectivity index (χ0v) is 11.5. The van der Waals surface area contributed by atoms with Crippen LogP contribution in [0.25, 0.3) is 0 Å². The summed E-state index contributed by atoms with van der Waals surface area (Å²) in [5.74, 6) is -0.208. The Balaban J connectivity index is 2.68. The van der Waals surface area contributed by atoms with Crippen molar-refractivity contribution in [3.8, 4) is 5.75 Å². The molecule has 1 rings (SSSR count).